The van der Waals surface area contributed by atoms with E-state index in [0.29, 0.717) is 6.42 Å². The van der Waals surface area contributed by atoms with Crippen molar-refractivity contribution in [3.05, 3.63) is 42.5 Å². The van der Waals surface area contributed by atoms with Gasteiger partial charge < -0.3 is 4.90 Å². The Morgan fingerprint density at radius 3 is 2.36 bits per heavy atom. The molecule has 2 aromatic rings. The molecule has 0 radical (unpaired) electrons. The van der Waals surface area contributed by atoms with E-state index < -0.39 is 25.1 Å². The summed E-state index contributed by atoms with van der Waals surface area (Å²) in [5, 5.41) is 1.23. The molecule has 2 heterocycles. The molecule has 4 rings (SSSR count). The summed E-state index contributed by atoms with van der Waals surface area (Å²) in [6.07, 6.45) is 5.82. The molecule has 0 aromatic heterocycles. The van der Waals surface area contributed by atoms with Gasteiger partial charge in [0, 0.05) is 13.1 Å². The third-order valence-electron chi connectivity index (χ3n) is 7.18. The standard InChI is InChI=1S/C25H36N2O4S2/c1-2-9-23-19-27(33(30,31)24-13-12-21-10-4-5-11-22(21)18-24)20-25(23)32(28,29)17-8-16-26-14-6-3-7-15-26/h4-5,10-13,18,23,25H,2-3,6-9,14-17,19-20H2,1H3/t23-,25?/m1/s1. The van der Waals surface area contributed by atoms with Gasteiger partial charge in [0.05, 0.1) is 15.9 Å². The molecule has 182 valence electrons. The monoisotopic (exact) mass is 492 g/mol. The third kappa shape index (κ3) is 5.61. The first-order valence-electron chi connectivity index (χ1n) is 12.2. The molecule has 0 saturated carbocycles. The molecule has 2 fully saturated rings. The Bertz CT molecular complexity index is 1160. The Morgan fingerprint density at radius 2 is 1.64 bits per heavy atom. The van der Waals surface area contributed by atoms with Gasteiger partial charge in [-0.3, -0.25) is 0 Å². The first-order valence-corrected chi connectivity index (χ1v) is 15.4. The molecule has 8 heteroatoms. The number of piperidine rings is 1. The normalized spacial score (nSPS) is 23.3. The number of benzene rings is 2. The van der Waals surface area contributed by atoms with Gasteiger partial charge in [0.15, 0.2) is 9.84 Å². The van der Waals surface area contributed by atoms with Crippen LogP contribution >= 0.6 is 0 Å². The summed E-state index contributed by atoms with van der Waals surface area (Å²) in [6.45, 7) is 5.29. The Hall–Kier alpha value is -1.48. The topological polar surface area (TPSA) is 74.8 Å². The van der Waals surface area contributed by atoms with Gasteiger partial charge in [-0.25, -0.2) is 16.8 Å². The summed E-state index contributed by atoms with van der Waals surface area (Å²) in [5.74, 6) is -0.0108. The predicted octanol–water partition coefficient (Wildman–Crippen LogP) is 3.92. The first kappa shape index (κ1) is 24.6. The van der Waals surface area contributed by atoms with Crippen molar-refractivity contribution < 1.29 is 16.8 Å². The highest BCUT2D eigenvalue weighted by atomic mass is 32.2. The number of hydrogen-bond donors (Lipinski definition) is 0. The van der Waals surface area contributed by atoms with Crippen LogP contribution in [0.2, 0.25) is 0 Å². The maximum Gasteiger partial charge on any atom is 0.243 e. The van der Waals surface area contributed by atoms with E-state index in [4.69, 9.17) is 0 Å². The predicted molar refractivity (Wildman–Crippen MR) is 134 cm³/mol. The molecule has 2 aliphatic heterocycles. The van der Waals surface area contributed by atoms with Crippen LogP contribution in [0.5, 0.6) is 0 Å². The van der Waals surface area contributed by atoms with Crippen LogP contribution in [0.25, 0.3) is 10.8 Å². The third-order valence-corrected chi connectivity index (χ3v) is 11.3. The van der Waals surface area contributed by atoms with Crippen molar-refractivity contribution >= 4 is 30.6 Å². The highest BCUT2D eigenvalue weighted by Crippen LogP contribution is 2.33. The fourth-order valence-corrected chi connectivity index (χ4v) is 9.06. The Balaban J connectivity index is 1.48. The smallest absolute Gasteiger partial charge is 0.243 e. The molecule has 0 amide bonds. The quantitative estimate of drug-likeness (QED) is 0.530. The minimum Gasteiger partial charge on any atom is -0.303 e. The van der Waals surface area contributed by atoms with E-state index in [2.05, 4.69) is 4.90 Å². The maximum absolute atomic E-state index is 13.4. The van der Waals surface area contributed by atoms with Gasteiger partial charge in [0.2, 0.25) is 10.0 Å². The average molecular weight is 493 g/mol. The van der Waals surface area contributed by atoms with Crippen molar-refractivity contribution in [1.82, 2.24) is 9.21 Å². The molecule has 0 spiro atoms. The fourth-order valence-electron chi connectivity index (χ4n) is 5.36. The number of rotatable bonds is 9. The van der Waals surface area contributed by atoms with Crippen LogP contribution in [0.4, 0.5) is 0 Å². The van der Waals surface area contributed by atoms with Gasteiger partial charge in [-0.1, -0.05) is 50.1 Å². The van der Waals surface area contributed by atoms with Gasteiger partial charge in [0.1, 0.15) is 0 Å². The van der Waals surface area contributed by atoms with Gasteiger partial charge in [0.25, 0.3) is 0 Å². The zero-order valence-corrected chi connectivity index (χ0v) is 21.2. The molecule has 0 aliphatic carbocycles. The summed E-state index contributed by atoms with van der Waals surface area (Å²) in [5.41, 5.74) is 0. The maximum atomic E-state index is 13.4. The van der Waals surface area contributed by atoms with E-state index in [1.165, 1.54) is 23.6 Å². The lowest BCUT2D eigenvalue weighted by atomic mass is 10.0. The van der Waals surface area contributed by atoms with Crippen molar-refractivity contribution in [2.75, 3.05) is 38.5 Å². The highest BCUT2D eigenvalue weighted by Gasteiger charge is 2.44. The van der Waals surface area contributed by atoms with Crippen LogP contribution in [0.15, 0.2) is 47.4 Å². The van der Waals surface area contributed by atoms with Crippen LogP contribution in [0.3, 0.4) is 0 Å². The van der Waals surface area contributed by atoms with E-state index in [0.717, 1.165) is 43.2 Å². The minimum atomic E-state index is -3.75. The van der Waals surface area contributed by atoms with Crippen molar-refractivity contribution in [3.8, 4) is 0 Å². The van der Waals surface area contributed by atoms with Crippen LogP contribution in [-0.2, 0) is 19.9 Å². The summed E-state index contributed by atoms with van der Waals surface area (Å²) in [4.78, 5) is 2.59. The second-order valence-corrected chi connectivity index (χ2v) is 13.8. The van der Waals surface area contributed by atoms with Crippen LogP contribution in [0.1, 0.15) is 45.4 Å². The molecule has 33 heavy (non-hydrogen) atoms. The van der Waals surface area contributed by atoms with Gasteiger partial charge in [-0.15, -0.1) is 0 Å². The lowest BCUT2D eigenvalue weighted by Gasteiger charge is -2.26. The number of sulfone groups is 1. The second-order valence-electron chi connectivity index (χ2n) is 9.54. The van der Waals surface area contributed by atoms with Crippen LogP contribution in [-0.4, -0.2) is 69.8 Å². The van der Waals surface area contributed by atoms with E-state index in [-0.39, 0.29) is 29.7 Å². The van der Waals surface area contributed by atoms with Gasteiger partial charge >= 0.3 is 0 Å². The number of fused-ring (bicyclic) bond motifs is 1. The van der Waals surface area contributed by atoms with Crippen LogP contribution in [0, 0.1) is 5.92 Å². The SMILES string of the molecule is CCC[C@@H]1CN(S(=O)(=O)c2ccc3ccccc3c2)CC1S(=O)(=O)CCCN1CCCCC1. The molecule has 2 saturated heterocycles. The lowest BCUT2D eigenvalue weighted by molar-refractivity contribution is 0.229. The molecule has 2 aliphatic rings. The largest absolute Gasteiger partial charge is 0.303 e. The molecule has 1 unspecified atom stereocenters. The van der Waals surface area contributed by atoms with Crippen molar-refractivity contribution in [2.24, 2.45) is 5.92 Å². The molecule has 0 N–H and O–H groups in total. The van der Waals surface area contributed by atoms with E-state index >= 15 is 0 Å². The van der Waals surface area contributed by atoms with Crippen molar-refractivity contribution in [1.29, 1.82) is 0 Å². The summed E-state index contributed by atoms with van der Waals surface area (Å²) in [6, 6.07) is 12.8. The Kier molecular flexibility index (Phi) is 7.78. The lowest BCUT2D eigenvalue weighted by Crippen LogP contribution is -2.35. The number of likely N-dealkylation sites (tertiary alicyclic amines) is 1. The molecule has 2 aromatic carbocycles. The average Bonchev–Trinajstić information content (AvgIpc) is 3.25. The number of nitrogens with zero attached hydrogens (tertiary/aromatic N) is 2. The van der Waals surface area contributed by atoms with Gasteiger partial charge in [-0.05, 0) is 74.1 Å². The fraction of sp³-hybridized carbons (Fsp3) is 0.600. The van der Waals surface area contributed by atoms with Crippen molar-refractivity contribution in [2.45, 2.75) is 55.6 Å². The zero-order valence-electron chi connectivity index (χ0n) is 19.5. The summed E-state index contributed by atoms with van der Waals surface area (Å²) < 4.78 is 54.9. The van der Waals surface area contributed by atoms with Crippen molar-refractivity contribution in [3.63, 3.8) is 0 Å². The van der Waals surface area contributed by atoms with E-state index in [1.807, 2.05) is 37.3 Å². The second kappa shape index (κ2) is 10.4. The van der Waals surface area contributed by atoms with Crippen LogP contribution < -0.4 is 0 Å². The first-order chi connectivity index (χ1) is 15.8. The summed E-state index contributed by atoms with van der Waals surface area (Å²) >= 11 is 0. The molecule has 2 atom stereocenters. The Labute approximate surface area is 198 Å². The number of sulfonamides is 1. The summed E-state index contributed by atoms with van der Waals surface area (Å²) in [7, 11) is -7.13. The number of hydrogen-bond acceptors (Lipinski definition) is 5. The Morgan fingerprint density at radius 1 is 0.909 bits per heavy atom. The van der Waals surface area contributed by atoms with E-state index in [1.54, 1.807) is 12.1 Å². The molecule has 0 bridgehead atoms. The van der Waals surface area contributed by atoms with Gasteiger partial charge in [-0.2, -0.15) is 4.31 Å². The zero-order chi connectivity index (χ0) is 23.5. The van der Waals surface area contributed by atoms with E-state index in [9.17, 15) is 16.8 Å². The molecule has 6 nitrogen and oxygen atoms in total. The molecular formula is C25H36N2O4S2. The minimum absolute atomic E-state index is 0.0614. The molecular weight excluding hydrogens is 456 g/mol. The highest BCUT2D eigenvalue weighted by molar-refractivity contribution is 7.92.